The second-order valence-electron chi connectivity index (χ2n) is 6.92. The standard InChI is InChI=1S/C18H28N2O3/c1-14(2)11-17(16-5-3-4-8-19-16)20-12-15-13-22-18(23-15)6-9-21-10-7-18/h3-5,8,14-15,17,20H,6-7,9-13H2,1-2H3/t15-,17+/m1/s1. The largest absolute Gasteiger partial charge is 0.381 e. The molecular formula is C18H28N2O3. The molecule has 2 fully saturated rings. The molecule has 5 heteroatoms. The molecule has 2 aliphatic rings. The highest BCUT2D eigenvalue weighted by Gasteiger charge is 2.42. The van der Waals surface area contributed by atoms with Gasteiger partial charge in [0.15, 0.2) is 5.79 Å². The van der Waals surface area contributed by atoms with Crippen LogP contribution < -0.4 is 5.32 Å². The highest BCUT2D eigenvalue weighted by molar-refractivity contribution is 5.09. The molecule has 5 nitrogen and oxygen atoms in total. The summed E-state index contributed by atoms with van der Waals surface area (Å²) in [5.74, 6) is 0.209. The molecule has 0 saturated carbocycles. The monoisotopic (exact) mass is 320 g/mol. The first kappa shape index (κ1) is 16.8. The number of hydrogen-bond donors (Lipinski definition) is 1. The Morgan fingerprint density at radius 2 is 2.13 bits per heavy atom. The lowest BCUT2D eigenvalue weighted by Crippen LogP contribution is -2.39. The van der Waals surface area contributed by atoms with Gasteiger partial charge in [0, 0.05) is 31.6 Å². The molecule has 1 spiro atoms. The molecule has 1 aromatic rings. The van der Waals surface area contributed by atoms with E-state index in [4.69, 9.17) is 14.2 Å². The molecule has 0 aromatic carbocycles. The van der Waals surface area contributed by atoms with Gasteiger partial charge in [0.2, 0.25) is 0 Å². The van der Waals surface area contributed by atoms with Crippen molar-refractivity contribution in [2.24, 2.45) is 5.92 Å². The predicted molar refractivity (Wildman–Crippen MR) is 88.0 cm³/mol. The second-order valence-corrected chi connectivity index (χ2v) is 6.92. The summed E-state index contributed by atoms with van der Waals surface area (Å²) in [5, 5.41) is 3.63. The van der Waals surface area contributed by atoms with E-state index in [1.54, 1.807) is 0 Å². The summed E-state index contributed by atoms with van der Waals surface area (Å²) in [5.41, 5.74) is 1.10. The van der Waals surface area contributed by atoms with Crippen LogP contribution in [0, 0.1) is 5.92 Å². The van der Waals surface area contributed by atoms with Crippen molar-refractivity contribution >= 4 is 0 Å². The lowest BCUT2D eigenvalue weighted by molar-refractivity contribution is -0.210. The van der Waals surface area contributed by atoms with Gasteiger partial charge in [0.1, 0.15) is 0 Å². The normalized spacial score (nSPS) is 25.1. The van der Waals surface area contributed by atoms with E-state index in [-0.39, 0.29) is 12.1 Å². The summed E-state index contributed by atoms with van der Waals surface area (Å²) in [7, 11) is 0. The van der Waals surface area contributed by atoms with Crippen molar-refractivity contribution < 1.29 is 14.2 Å². The summed E-state index contributed by atoms with van der Waals surface area (Å²) >= 11 is 0. The number of nitrogens with one attached hydrogen (secondary N) is 1. The van der Waals surface area contributed by atoms with E-state index in [1.807, 2.05) is 18.3 Å². The highest BCUT2D eigenvalue weighted by Crippen LogP contribution is 2.33. The van der Waals surface area contributed by atoms with Gasteiger partial charge in [-0.05, 0) is 24.5 Å². The smallest absolute Gasteiger partial charge is 0.173 e. The number of nitrogens with zero attached hydrogens (tertiary/aromatic N) is 1. The van der Waals surface area contributed by atoms with Crippen LogP contribution in [0.25, 0.3) is 0 Å². The van der Waals surface area contributed by atoms with Gasteiger partial charge in [0.05, 0.1) is 31.6 Å². The summed E-state index contributed by atoms with van der Waals surface area (Å²) in [4.78, 5) is 4.51. The van der Waals surface area contributed by atoms with E-state index >= 15 is 0 Å². The van der Waals surface area contributed by atoms with Crippen LogP contribution in [-0.2, 0) is 14.2 Å². The first-order valence-corrected chi connectivity index (χ1v) is 8.71. The maximum Gasteiger partial charge on any atom is 0.173 e. The highest BCUT2D eigenvalue weighted by atomic mass is 16.7. The average molecular weight is 320 g/mol. The molecule has 0 aliphatic carbocycles. The van der Waals surface area contributed by atoms with E-state index in [1.165, 1.54) is 0 Å². The van der Waals surface area contributed by atoms with Gasteiger partial charge >= 0.3 is 0 Å². The van der Waals surface area contributed by atoms with Crippen LogP contribution >= 0.6 is 0 Å². The van der Waals surface area contributed by atoms with E-state index < -0.39 is 5.79 Å². The van der Waals surface area contributed by atoms with Crippen molar-refractivity contribution in [1.82, 2.24) is 10.3 Å². The topological polar surface area (TPSA) is 52.6 Å². The van der Waals surface area contributed by atoms with Crippen molar-refractivity contribution in [3.05, 3.63) is 30.1 Å². The van der Waals surface area contributed by atoms with Gasteiger partial charge in [0.25, 0.3) is 0 Å². The molecule has 0 radical (unpaired) electrons. The maximum absolute atomic E-state index is 6.20. The number of ether oxygens (including phenoxy) is 3. The first-order valence-electron chi connectivity index (χ1n) is 8.71. The van der Waals surface area contributed by atoms with Crippen molar-refractivity contribution in [3.63, 3.8) is 0 Å². The Morgan fingerprint density at radius 1 is 1.30 bits per heavy atom. The summed E-state index contributed by atoms with van der Waals surface area (Å²) < 4.78 is 17.6. The van der Waals surface area contributed by atoms with Gasteiger partial charge in [-0.15, -0.1) is 0 Å². The molecule has 0 bridgehead atoms. The maximum atomic E-state index is 6.20. The molecule has 2 atom stereocenters. The minimum atomic E-state index is -0.400. The Labute approximate surface area is 138 Å². The Balaban J connectivity index is 1.55. The van der Waals surface area contributed by atoms with Crippen molar-refractivity contribution in [2.45, 2.75) is 51.0 Å². The van der Waals surface area contributed by atoms with Crippen LogP contribution in [0.2, 0.25) is 0 Å². The lowest BCUT2D eigenvalue weighted by Gasteiger charge is -2.32. The molecule has 128 valence electrons. The van der Waals surface area contributed by atoms with Gasteiger partial charge in [-0.25, -0.2) is 0 Å². The molecule has 2 saturated heterocycles. The molecule has 1 aromatic heterocycles. The zero-order chi connectivity index (χ0) is 16.1. The zero-order valence-electron chi connectivity index (χ0n) is 14.2. The minimum absolute atomic E-state index is 0.103. The fourth-order valence-corrected chi connectivity index (χ4v) is 3.30. The second kappa shape index (κ2) is 7.71. The number of aromatic nitrogens is 1. The van der Waals surface area contributed by atoms with Crippen LogP contribution in [0.1, 0.15) is 44.8 Å². The van der Waals surface area contributed by atoms with Crippen LogP contribution in [0.4, 0.5) is 0 Å². The number of pyridine rings is 1. The lowest BCUT2D eigenvalue weighted by atomic mass is 10.0. The third kappa shape index (κ3) is 4.51. The van der Waals surface area contributed by atoms with E-state index in [9.17, 15) is 0 Å². The molecule has 3 rings (SSSR count). The Hall–Kier alpha value is -1.01. The minimum Gasteiger partial charge on any atom is -0.381 e. The van der Waals surface area contributed by atoms with E-state index in [0.717, 1.165) is 44.7 Å². The Kier molecular flexibility index (Phi) is 5.64. The van der Waals surface area contributed by atoms with Gasteiger partial charge < -0.3 is 19.5 Å². The van der Waals surface area contributed by atoms with Crippen molar-refractivity contribution in [1.29, 1.82) is 0 Å². The molecule has 3 heterocycles. The zero-order valence-corrected chi connectivity index (χ0v) is 14.2. The molecular weight excluding hydrogens is 292 g/mol. The summed E-state index contributed by atoms with van der Waals surface area (Å²) in [6.45, 7) is 7.38. The van der Waals surface area contributed by atoms with Crippen LogP contribution in [-0.4, -0.2) is 43.2 Å². The fraction of sp³-hybridized carbons (Fsp3) is 0.722. The van der Waals surface area contributed by atoms with Crippen molar-refractivity contribution in [3.8, 4) is 0 Å². The van der Waals surface area contributed by atoms with Gasteiger partial charge in [-0.2, -0.15) is 0 Å². The number of hydrogen-bond acceptors (Lipinski definition) is 5. The van der Waals surface area contributed by atoms with Crippen molar-refractivity contribution in [2.75, 3.05) is 26.4 Å². The van der Waals surface area contributed by atoms with Crippen LogP contribution in [0.5, 0.6) is 0 Å². The van der Waals surface area contributed by atoms with Crippen LogP contribution in [0.15, 0.2) is 24.4 Å². The molecule has 0 unspecified atom stereocenters. The van der Waals surface area contributed by atoms with Crippen LogP contribution in [0.3, 0.4) is 0 Å². The third-order valence-corrected chi connectivity index (χ3v) is 4.51. The Morgan fingerprint density at radius 3 is 2.83 bits per heavy atom. The summed E-state index contributed by atoms with van der Waals surface area (Å²) in [6, 6.07) is 6.35. The summed E-state index contributed by atoms with van der Waals surface area (Å²) in [6.07, 6.45) is 4.69. The fourth-order valence-electron chi connectivity index (χ4n) is 3.30. The third-order valence-electron chi connectivity index (χ3n) is 4.51. The molecule has 0 amide bonds. The number of rotatable bonds is 6. The predicted octanol–water partition coefficient (Wildman–Crippen LogP) is 2.68. The quantitative estimate of drug-likeness (QED) is 0.873. The molecule has 2 aliphatic heterocycles. The average Bonchev–Trinajstić information content (AvgIpc) is 2.95. The molecule has 1 N–H and O–H groups in total. The van der Waals surface area contributed by atoms with Gasteiger partial charge in [-0.1, -0.05) is 19.9 Å². The van der Waals surface area contributed by atoms with E-state index in [0.29, 0.717) is 12.5 Å². The molecule has 23 heavy (non-hydrogen) atoms. The van der Waals surface area contributed by atoms with Gasteiger partial charge in [-0.3, -0.25) is 4.98 Å². The van der Waals surface area contributed by atoms with E-state index in [2.05, 4.69) is 30.2 Å². The SMILES string of the molecule is CC(C)C[C@H](NC[C@@H]1COC2(CCOCC2)O1)c1ccccn1. The Bertz CT molecular complexity index is 474. The first-order chi connectivity index (χ1) is 11.2.